The summed E-state index contributed by atoms with van der Waals surface area (Å²) in [5.74, 6) is 0.339. The highest BCUT2D eigenvalue weighted by molar-refractivity contribution is 6.04. The Morgan fingerprint density at radius 3 is 2.35 bits per heavy atom. The average Bonchev–Trinajstić information content (AvgIpc) is 3.34. The van der Waals surface area contributed by atoms with Crippen LogP contribution in [0.3, 0.4) is 0 Å². The Balaban J connectivity index is 1.44. The fourth-order valence-corrected chi connectivity index (χ4v) is 5.49. The van der Waals surface area contributed by atoms with Crippen LogP contribution in [0.5, 0.6) is 0 Å². The highest BCUT2D eigenvalue weighted by Gasteiger charge is 2.52. The molecule has 4 nitrogen and oxygen atoms in total. The predicted octanol–water partition coefficient (Wildman–Crippen LogP) is 6.72. The van der Waals surface area contributed by atoms with E-state index in [1.165, 1.54) is 5.56 Å². The van der Waals surface area contributed by atoms with Gasteiger partial charge in [-0.1, -0.05) is 67.1 Å². The van der Waals surface area contributed by atoms with E-state index in [-0.39, 0.29) is 17.5 Å². The van der Waals surface area contributed by atoms with Crippen molar-refractivity contribution < 1.29 is 9.53 Å². The van der Waals surface area contributed by atoms with Gasteiger partial charge >= 0.3 is 0 Å². The molecule has 175 valence electrons. The van der Waals surface area contributed by atoms with E-state index < -0.39 is 0 Å². The van der Waals surface area contributed by atoms with Gasteiger partial charge in [0.1, 0.15) is 12.3 Å². The third-order valence-electron chi connectivity index (χ3n) is 7.13. The molecule has 3 aromatic carbocycles. The number of rotatable bonds is 7. The van der Waals surface area contributed by atoms with Crippen LogP contribution in [0.25, 0.3) is 0 Å². The lowest BCUT2D eigenvalue weighted by atomic mass is 9.92. The second-order valence-electron chi connectivity index (χ2n) is 9.76. The summed E-state index contributed by atoms with van der Waals surface area (Å²) >= 11 is 0. The van der Waals surface area contributed by atoms with Crippen LogP contribution in [0, 0.1) is 19.4 Å². The van der Waals surface area contributed by atoms with Crippen LogP contribution in [-0.2, 0) is 4.74 Å². The Morgan fingerprint density at radius 2 is 1.62 bits per heavy atom. The normalized spacial score (nSPS) is 17.8. The number of amides is 1. The Morgan fingerprint density at radius 1 is 0.941 bits per heavy atom. The number of anilines is 2. The molecule has 1 fully saturated rings. The van der Waals surface area contributed by atoms with Crippen molar-refractivity contribution in [3.05, 3.63) is 102 Å². The van der Waals surface area contributed by atoms with Crippen molar-refractivity contribution >= 4 is 17.3 Å². The standard InChI is InChI=1S/C30H33N2O2/c1-23-14-16-26(17-15-23)32-28-13-7-6-12-27(28)29(33)31(30(32)18-8-9-19-30)20-24(2)21-34-22-25-10-4-3-5-11-25/h3-7,10-17,22,24H,8-9,18-21H2,1-2H3. The molecule has 0 bridgehead atoms. The SMILES string of the molecule is Cc1ccc(N2c3ccccc3C(=O)N(CC(C)CO[CH]c3ccccc3)C23CCCC3)cc1. The Kier molecular flexibility index (Phi) is 6.42. The van der Waals surface area contributed by atoms with E-state index in [1.807, 2.05) is 55.1 Å². The molecule has 5 rings (SSSR count). The predicted molar refractivity (Wildman–Crippen MR) is 137 cm³/mol. The topological polar surface area (TPSA) is 32.8 Å². The van der Waals surface area contributed by atoms with Gasteiger partial charge in [0.15, 0.2) is 0 Å². The molecule has 1 atom stereocenters. The quantitative estimate of drug-likeness (QED) is 0.398. The Bertz CT molecular complexity index is 1120. The number of para-hydroxylation sites is 1. The largest absolute Gasteiger partial charge is 0.370 e. The van der Waals surface area contributed by atoms with Crippen LogP contribution in [0.15, 0.2) is 78.9 Å². The number of carbonyl (C=O) groups excluding carboxylic acids is 1. The van der Waals surface area contributed by atoms with Crippen molar-refractivity contribution in [1.82, 2.24) is 4.90 Å². The smallest absolute Gasteiger partial charge is 0.257 e. The number of nitrogens with zero attached hydrogens (tertiary/aromatic N) is 2. The molecule has 1 amide bonds. The minimum atomic E-state index is -0.335. The molecular formula is C30H33N2O2. The van der Waals surface area contributed by atoms with Crippen LogP contribution in [0.2, 0.25) is 0 Å². The molecule has 1 heterocycles. The van der Waals surface area contributed by atoms with Gasteiger partial charge in [-0.3, -0.25) is 4.79 Å². The summed E-state index contributed by atoms with van der Waals surface area (Å²) < 4.78 is 5.93. The van der Waals surface area contributed by atoms with Gasteiger partial charge < -0.3 is 14.5 Å². The van der Waals surface area contributed by atoms with Crippen LogP contribution in [-0.4, -0.2) is 29.6 Å². The zero-order valence-electron chi connectivity index (χ0n) is 20.1. The van der Waals surface area contributed by atoms with E-state index in [0.29, 0.717) is 13.2 Å². The van der Waals surface area contributed by atoms with Gasteiger partial charge in [-0.2, -0.15) is 0 Å². The molecule has 0 N–H and O–H groups in total. The van der Waals surface area contributed by atoms with Crippen LogP contribution in [0.4, 0.5) is 11.4 Å². The molecule has 2 aliphatic rings. The Hall–Kier alpha value is -3.11. The molecule has 1 saturated carbocycles. The molecule has 1 unspecified atom stereocenters. The molecule has 1 aliphatic heterocycles. The minimum absolute atomic E-state index is 0.139. The first-order valence-electron chi connectivity index (χ1n) is 12.4. The maximum atomic E-state index is 13.9. The first kappa shape index (κ1) is 22.7. The lowest BCUT2D eigenvalue weighted by molar-refractivity contribution is 0.0349. The van der Waals surface area contributed by atoms with E-state index in [1.54, 1.807) is 0 Å². The number of hydrogen-bond donors (Lipinski definition) is 0. The molecule has 1 radical (unpaired) electrons. The number of benzene rings is 3. The summed E-state index contributed by atoms with van der Waals surface area (Å²) in [7, 11) is 0. The average molecular weight is 454 g/mol. The Labute approximate surface area is 203 Å². The van der Waals surface area contributed by atoms with Gasteiger partial charge in [0, 0.05) is 12.2 Å². The van der Waals surface area contributed by atoms with E-state index in [9.17, 15) is 4.79 Å². The second-order valence-corrected chi connectivity index (χ2v) is 9.76. The van der Waals surface area contributed by atoms with Gasteiger partial charge in [0.25, 0.3) is 5.91 Å². The fourth-order valence-electron chi connectivity index (χ4n) is 5.49. The van der Waals surface area contributed by atoms with Crippen LogP contribution < -0.4 is 4.90 Å². The number of carbonyl (C=O) groups is 1. The number of ether oxygens (including phenoxy) is 1. The molecule has 0 aromatic heterocycles. The fraction of sp³-hybridized carbons (Fsp3) is 0.333. The van der Waals surface area contributed by atoms with Gasteiger partial charge in [-0.25, -0.2) is 0 Å². The van der Waals surface area contributed by atoms with Gasteiger partial charge in [0.2, 0.25) is 0 Å². The van der Waals surface area contributed by atoms with Gasteiger partial charge in [-0.15, -0.1) is 0 Å². The summed E-state index contributed by atoms with van der Waals surface area (Å²) in [4.78, 5) is 18.5. The lowest BCUT2D eigenvalue weighted by Crippen LogP contribution is -2.63. The molecule has 1 spiro atoms. The number of fused-ring (bicyclic) bond motifs is 1. The van der Waals surface area contributed by atoms with Crippen molar-refractivity contribution in [3.63, 3.8) is 0 Å². The van der Waals surface area contributed by atoms with E-state index in [0.717, 1.165) is 48.2 Å². The molecule has 3 aromatic rings. The van der Waals surface area contributed by atoms with Crippen LogP contribution >= 0.6 is 0 Å². The molecule has 1 aliphatic carbocycles. The summed E-state index contributed by atoms with van der Waals surface area (Å²) in [6.45, 7) is 7.33. The van der Waals surface area contributed by atoms with Gasteiger partial charge in [0.05, 0.1) is 17.9 Å². The second kappa shape index (κ2) is 9.63. The molecular weight excluding hydrogens is 420 g/mol. The molecule has 34 heavy (non-hydrogen) atoms. The third kappa shape index (κ3) is 4.23. The van der Waals surface area contributed by atoms with E-state index in [2.05, 4.69) is 54.0 Å². The third-order valence-corrected chi connectivity index (χ3v) is 7.13. The highest BCUT2D eigenvalue weighted by Crippen LogP contribution is 2.50. The van der Waals surface area contributed by atoms with Crippen molar-refractivity contribution in [2.24, 2.45) is 5.92 Å². The number of aryl methyl sites for hydroxylation is 1. The first-order valence-corrected chi connectivity index (χ1v) is 12.4. The maximum Gasteiger partial charge on any atom is 0.257 e. The van der Waals surface area contributed by atoms with Crippen molar-refractivity contribution in [1.29, 1.82) is 0 Å². The lowest BCUT2D eigenvalue weighted by Gasteiger charge is -2.54. The maximum absolute atomic E-state index is 13.9. The zero-order valence-corrected chi connectivity index (χ0v) is 20.1. The molecule has 4 heteroatoms. The minimum Gasteiger partial charge on any atom is -0.370 e. The van der Waals surface area contributed by atoms with Gasteiger partial charge in [-0.05, 0) is 68.4 Å². The monoisotopic (exact) mass is 453 g/mol. The van der Waals surface area contributed by atoms with Crippen molar-refractivity contribution in [3.8, 4) is 0 Å². The summed E-state index contributed by atoms with van der Waals surface area (Å²) in [6, 6.07) is 26.9. The number of hydrogen-bond acceptors (Lipinski definition) is 3. The first-order chi connectivity index (χ1) is 16.6. The summed E-state index contributed by atoms with van der Waals surface area (Å²) in [6.07, 6.45) is 4.21. The summed E-state index contributed by atoms with van der Waals surface area (Å²) in [5.41, 5.74) is 4.91. The summed E-state index contributed by atoms with van der Waals surface area (Å²) in [5, 5.41) is 0. The van der Waals surface area contributed by atoms with E-state index >= 15 is 0 Å². The van der Waals surface area contributed by atoms with Crippen molar-refractivity contribution in [2.75, 3.05) is 18.1 Å². The zero-order chi connectivity index (χ0) is 23.5. The molecule has 0 saturated heterocycles. The highest BCUT2D eigenvalue weighted by atomic mass is 16.5. The van der Waals surface area contributed by atoms with E-state index in [4.69, 9.17) is 4.74 Å². The van der Waals surface area contributed by atoms with Crippen molar-refractivity contribution in [2.45, 2.75) is 45.2 Å². The van der Waals surface area contributed by atoms with Crippen LogP contribution in [0.1, 0.15) is 54.1 Å².